The van der Waals surface area contributed by atoms with Crippen LogP contribution in [-0.4, -0.2) is 62.9 Å². The summed E-state index contributed by atoms with van der Waals surface area (Å²) < 4.78 is 10.4. The lowest BCUT2D eigenvalue weighted by Crippen LogP contribution is -2.56. The lowest BCUT2D eigenvalue weighted by molar-refractivity contribution is -0.155. The molecule has 0 aliphatic carbocycles. The molecule has 0 amide bonds. The number of carbonyl (C=O) groups is 1. The summed E-state index contributed by atoms with van der Waals surface area (Å²) in [5, 5.41) is 3.34. The molecule has 2 heterocycles. The summed E-state index contributed by atoms with van der Waals surface area (Å²) in [6.45, 7) is 4.90. The zero-order chi connectivity index (χ0) is 11.4. The molecule has 2 saturated heterocycles. The van der Waals surface area contributed by atoms with Gasteiger partial charge in [-0.2, -0.15) is 0 Å². The third-order valence-corrected chi connectivity index (χ3v) is 3.51. The fourth-order valence-corrected chi connectivity index (χ4v) is 2.56. The molecule has 0 aromatic heterocycles. The van der Waals surface area contributed by atoms with Crippen LogP contribution < -0.4 is 5.32 Å². The Morgan fingerprint density at radius 1 is 1.44 bits per heavy atom. The maximum atomic E-state index is 12.0. The lowest BCUT2D eigenvalue weighted by Gasteiger charge is -2.36. The third-order valence-electron chi connectivity index (χ3n) is 3.51. The highest BCUT2D eigenvalue weighted by Crippen LogP contribution is 2.28. The maximum absolute atomic E-state index is 12.0. The number of nitrogens with one attached hydrogen (secondary N) is 1. The molecule has 1 atom stereocenters. The molecule has 2 fully saturated rings. The van der Waals surface area contributed by atoms with Crippen molar-refractivity contribution in [3.8, 4) is 0 Å². The SMILES string of the molecule is COC(=O)C1(N2CCCNCC2)CCOC1. The average molecular weight is 228 g/mol. The first-order valence-electron chi connectivity index (χ1n) is 5.91. The first kappa shape index (κ1) is 11.8. The predicted octanol–water partition coefficient (Wildman–Crippen LogP) is -0.386. The normalized spacial score (nSPS) is 32.3. The summed E-state index contributed by atoms with van der Waals surface area (Å²) >= 11 is 0. The molecule has 2 aliphatic rings. The minimum atomic E-state index is -0.527. The first-order chi connectivity index (χ1) is 7.79. The minimum absolute atomic E-state index is 0.146. The predicted molar refractivity (Wildman–Crippen MR) is 59.2 cm³/mol. The van der Waals surface area contributed by atoms with Crippen molar-refractivity contribution in [3.05, 3.63) is 0 Å². The molecule has 0 aromatic carbocycles. The largest absolute Gasteiger partial charge is 0.468 e. The summed E-state index contributed by atoms with van der Waals surface area (Å²) in [4.78, 5) is 14.2. The van der Waals surface area contributed by atoms with E-state index in [9.17, 15) is 4.79 Å². The summed E-state index contributed by atoms with van der Waals surface area (Å²) in [6.07, 6.45) is 1.82. The Labute approximate surface area is 96.1 Å². The van der Waals surface area contributed by atoms with E-state index >= 15 is 0 Å². The van der Waals surface area contributed by atoms with Crippen molar-refractivity contribution in [2.24, 2.45) is 0 Å². The van der Waals surface area contributed by atoms with Gasteiger partial charge in [-0.1, -0.05) is 0 Å². The quantitative estimate of drug-likeness (QED) is 0.653. The molecule has 0 radical (unpaired) electrons. The van der Waals surface area contributed by atoms with Crippen LogP contribution in [0.25, 0.3) is 0 Å². The van der Waals surface area contributed by atoms with Gasteiger partial charge in [0.05, 0.1) is 13.7 Å². The van der Waals surface area contributed by atoms with Crippen LogP contribution in [0, 0.1) is 0 Å². The van der Waals surface area contributed by atoms with Crippen LogP contribution >= 0.6 is 0 Å². The maximum Gasteiger partial charge on any atom is 0.328 e. The Morgan fingerprint density at radius 2 is 2.31 bits per heavy atom. The molecule has 0 aromatic rings. The second-order valence-corrected chi connectivity index (χ2v) is 4.42. The highest BCUT2D eigenvalue weighted by atomic mass is 16.5. The van der Waals surface area contributed by atoms with E-state index in [-0.39, 0.29) is 5.97 Å². The standard InChI is InChI=1S/C11H20N2O3/c1-15-10(14)11(3-8-16-9-11)13-6-2-4-12-5-7-13/h12H,2-9H2,1H3. The summed E-state index contributed by atoms with van der Waals surface area (Å²) in [5.74, 6) is -0.146. The Bertz CT molecular complexity index is 244. The van der Waals surface area contributed by atoms with Gasteiger partial charge in [0.15, 0.2) is 0 Å². The second kappa shape index (κ2) is 5.12. The Balaban J connectivity index is 2.13. The van der Waals surface area contributed by atoms with Crippen molar-refractivity contribution in [3.63, 3.8) is 0 Å². The number of esters is 1. The van der Waals surface area contributed by atoms with Crippen LogP contribution in [-0.2, 0) is 14.3 Å². The van der Waals surface area contributed by atoms with Gasteiger partial charge in [-0.3, -0.25) is 4.90 Å². The van der Waals surface area contributed by atoms with Crippen molar-refractivity contribution < 1.29 is 14.3 Å². The molecule has 2 aliphatic heterocycles. The number of hydrogen-bond donors (Lipinski definition) is 1. The van der Waals surface area contributed by atoms with Gasteiger partial charge in [0.1, 0.15) is 5.54 Å². The summed E-state index contributed by atoms with van der Waals surface area (Å²) in [6, 6.07) is 0. The van der Waals surface area contributed by atoms with Gasteiger partial charge < -0.3 is 14.8 Å². The number of hydrogen-bond acceptors (Lipinski definition) is 5. The number of nitrogens with zero attached hydrogens (tertiary/aromatic N) is 1. The van der Waals surface area contributed by atoms with Crippen molar-refractivity contribution in [1.29, 1.82) is 0 Å². The van der Waals surface area contributed by atoms with Gasteiger partial charge in [0.2, 0.25) is 0 Å². The molecule has 2 rings (SSSR count). The molecule has 1 N–H and O–H groups in total. The molecule has 0 saturated carbocycles. The van der Waals surface area contributed by atoms with Gasteiger partial charge in [0.25, 0.3) is 0 Å². The van der Waals surface area contributed by atoms with Crippen molar-refractivity contribution in [2.75, 3.05) is 46.5 Å². The fraction of sp³-hybridized carbons (Fsp3) is 0.909. The number of methoxy groups -OCH3 is 1. The zero-order valence-corrected chi connectivity index (χ0v) is 9.83. The van der Waals surface area contributed by atoms with Crippen LogP contribution in [0.1, 0.15) is 12.8 Å². The Hall–Kier alpha value is -0.650. The molecule has 5 nitrogen and oxygen atoms in total. The van der Waals surface area contributed by atoms with Crippen LogP contribution in [0.5, 0.6) is 0 Å². The van der Waals surface area contributed by atoms with Crippen LogP contribution in [0.2, 0.25) is 0 Å². The van der Waals surface area contributed by atoms with Gasteiger partial charge in [-0.05, 0) is 13.0 Å². The van der Waals surface area contributed by atoms with Gasteiger partial charge in [0, 0.05) is 32.7 Å². The zero-order valence-electron chi connectivity index (χ0n) is 9.83. The number of ether oxygens (including phenoxy) is 2. The molecule has 0 spiro atoms. The second-order valence-electron chi connectivity index (χ2n) is 4.42. The highest BCUT2D eigenvalue weighted by Gasteiger charge is 2.48. The average Bonchev–Trinajstić information content (AvgIpc) is 2.65. The lowest BCUT2D eigenvalue weighted by atomic mass is 9.96. The molecular formula is C11H20N2O3. The highest BCUT2D eigenvalue weighted by molar-refractivity contribution is 5.81. The van der Waals surface area contributed by atoms with E-state index in [1.807, 2.05) is 0 Å². The molecule has 1 unspecified atom stereocenters. The molecule has 92 valence electrons. The van der Waals surface area contributed by atoms with Crippen molar-refractivity contribution >= 4 is 5.97 Å². The van der Waals surface area contributed by atoms with Gasteiger partial charge in [-0.25, -0.2) is 4.79 Å². The van der Waals surface area contributed by atoms with Crippen molar-refractivity contribution in [1.82, 2.24) is 10.2 Å². The molecular weight excluding hydrogens is 208 g/mol. The van der Waals surface area contributed by atoms with Gasteiger partial charge >= 0.3 is 5.97 Å². The smallest absolute Gasteiger partial charge is 0.328 e. The minimum Gasteiger partial charge on any atom is -0.468 e. The summed E-state index contributed by atoms with van der Waals surface area (Å²) in [7, 11) is 1.46. The third kappa shape index (κ3) is 2.07. The monoisotopic (exact) mass is 228 g/mol. The summed E-state index contributed by atoms with van der Waals surface area (Å²) in [5.41, 5.74) is -0.527. The Morgan fingerprint density at radius 3 is 3.00 bits per heavy atom. The molecule has 16 heavy (non-hydrogen) atoms. The van der Waals surface area contributed by atoms with E-state index in [4.69, 9.17) is 9.47 Å². The van der Waals surface area contributed by atoms with E-state index in [0.717, 1.165) is 39.0 Å². The van der Waals surface area contributed by atoms with E-state index in [2.05, 4.69) is 10.2 Å². The van der Waals surface area contributed by atoms with Crippen LogP contribution in [0.3, 0.4) is 0 Å². The van der Waals surface area contributed by atoms with Crippen molar-refractivity contribution in [2.45, 2.75) is 18.4 Å². The first-order valence-corrected chi connectivity index (χ1v) is 5.91. The Kier molecular flexibility index (Phi) is 3.78. The van der Waals surface area contributed by atoms with Gasteiger partial charge in [-0.15, -0.1) is 0 Å². The van der Waals surface area contributed by atoms with Crippen LogP contribution in [0.15, 0.2) is 0 Å². The number of carbonyl (C=O) groups excluding carboxylic acids is 1. The van der Waals surface area contributed by atoms with E-state index in [0.29, 0.717) is 13.2 Å². The molecule has 5 heteroatoms. The van der Waals surface area contributed by atoms with Crippen LogP contribution in [0.4, 0.5) is 0 Å². The van der Waals surface area contributed by atoms with E-state index in [1.165, 1.54) is 7.11 Å². The van der Waals surface area contributed by atoms with E-state index < -0.39 is 5.54 Å². The fourth-order valence-electron chi connectivity index (χ4n) is 2.56. The number of rotatable bonds is 2. The topological polar surface area (TPSA) is 50.8 Å². The van der Waals surface area contributed by atoms with E-state index in [1.54, 1.807) is 0 Å². The molecule has 0 bridgehead atoms.